The predicted molar refractivity (Wildman–Crippen MR) is 81.7 cm³/mol. The molecule has 108 valence electrons. The van der Waals surface area contributed by atoms with Crippen LogP contribution in [0.4, 0.5) is 0 Å². The van der Waals surface area contributed by atoms with Crippen LogP contribution in [0.3, 0.4) is 0 Å². The monoisotopic (exact) mass is 313 g/mol. The maximum Gasteiger partial charge on any atom is 0.363 e. The van der Waals surface area contributed by atoms with Gasteiger partial charge in [-0.05, 0) is 31.5 Å². The van der Waals surface area contributed by atoms with Crippen molar-refractivity contribution in [3.05, 3.63) is 41.7 Å². The van der Waals surface area contributed by atoms with E-state index in [0.29, 0.717) is 23.5 Å². The van der Waals surface area contributed by atoms with Gasteiger partial charge in [-0.15, -0.1) is 0 Å². The van der Waals surface area contributed by atoms with Gasteiger partial charge in [-0.3, -0.25) is 4.57 Å². The van der Waals surface area contributed by atoms with E-state index >= 15 is 0 Å². The molecule has 6 heteroatoms. The number of nitrogens with one attached hydrogen (secondary N) is 1. The molecule has 0 aliphatic heterocycles. The van der Waals surface area contributed by atoms with Crippen LogP contribution in [-0.2, 0) is 13.6 Å². The third kappa shape index (κ3) is 3.15. The summed E-state index contributed by atoms with van der Waals surface area (Å²) < 4.78 is 23.6. The normalized spacial score (nSPS) is 11.8. The molecule has 0 radical (unpaired) electrons. The van der Waals surface area contributed by atoms with Crippen LogP contribution in [0.5, 0.6) is 0 Å². The quantitative estimate of drug-likeness (QED) is 0.812. The Hall–Kier alpha value is -1.06. The summed E-state index contributed by atoms with van der Waals surface area (Å²) in [5.41, 5.74) is 1.64. The van der Waals surface area contributed by atoms with E-state index < -0.39 is 7.60 Å². The first-order valence-electron chi connectivity index (χ1n) is 6.43. The number of hydrogen-bond acceptors (Lipinski definition) is 3. The fourth-order valence-corrected chi connectivity index (χ4v) is 3.93. The summed E-state index contributed by atoms with van der Waals surface area (Å²) in [7, 11) is -3.32. The molecule has 0 amide bonds. The molecular formula is C14H17ClNO3P. The minimum Gasteiger partial charge on any atom is -0.366 e. The molecule has 0 saturated carbocycles. The zero-order chi connectivity index (χ0) is 14.6. The molecule has 1 heterocycles. The minimum absolute atomic E-state index is 0.317. The highest BCUT2D eigenvalue weighted by atomic mass is 35.5. The molecule has 0 aliphatic carbocycles. The molecule has 0 bridgehead atoms. The van der Waals surface area contributed by atoms with E-state index in [0.717, 1.165) is 11.1 Å². The molecule has 4 nitrogen and oxygen atoms in total. The smallest absolute Gasteiger partial charge is 0.363 e. The average Bonchev–Trinajstić information content (AvgIpc) is 2.89. The van der Waals surface area contributed by atoms with Gasteiger partial charge in [-0.1, -0.05) is 23.7 Å². The van der Waals surface area contributed by atoms with Crippen LogP contribution in [0, 0.1) is 0 Å². The van der Waals surface area contributed by atoms with Crippen LogP contribution in [0.25, 0.3) is 11.1 Å². The molecule has 0 saturated heterocycles. The van der Waals surface area contributed by atoms with Crippen LogP contribution in [0.15, 0.2) is 36.7 Å². The molecule has 0 spiro atoms. The molecule has 0 aliphatic rings. The van der Waals surface area contributed by atoms with Crippen LogP contribution in [-0.4, -0.2) is 18.2 Å². The highest BCUT2D eigenvalue weighted by Crippen LogP contribution is 2.49. The van der Waals surface area contributed by atoms with E-state index in [1.54, 1.807) is 32.3 Å². The molecule has 0 atom stereocenters. The van der Waals surface area contributed by atoms with E-state index in [2.05, 4.69) is 4.98 Å². The zero-order valence-corrected chi connectivity index (χ0v) is 13.1. The van der Waals surface area contributed by atoms with Crippen molar-refractivity contribution in [2.45, 2.75) is 13.8 Å². The van der Waals surface area contributed by atoms with Crippen LogP contribution in [0.1, 0.15) is 13.8 Å². The van der Waals surface area contributed by atoms with Crippen molar-refractivity contribution in [2.75, 3.05) is 13.2 Å². The second kappa shape index (κ2) is 6.59. The molecule has 0 fully saturated rings. The summed E-state index contributed by atoms with van der Waals surface area (Å²) in [5.74, 6) is 0. The first-order chi connectivity index (χ1) is 9.60. The molecule has 0 unspecified atom stereocenters. The van der Waals surface area contributed by atoms with Crippen LogP contribution in [0.2, 0.25) is 5.02 Å². The van der Waals surface area contributed by atoms with Gasteiger partial charge in [0.15, 0.2) is 0 Å². The first-order valence-corrected chi connectivity index (χ1v) is 8.35. The fourth-order valence-electron chi connectivity index (χ4n) is 1.99. The SMILES string of the molecule is CCOP(=O)(OCC)c1c[nH]cc1-c1cccc(Cl)c1. The topological polar surface area (TPSA) is 51.3 Å². The third-order valence-electron chi connectivity index (χ3n) is 2.75. The highest BCUT2D eigenvalue weighted by molar-refractivity contribution is 7.62. The van der Waals surface area contributed by atoms with E-state index in [1.165, 1.54) is 0 Å². The summed E-state index contributed by atoms with van der Waals surface area (Å²) in [6.07, 6.45) is 3.42. The summed E-state index contributed by atoms with van der Waals surface area (Å²) in [6.45, 7) is 4.21. The number of halogens is 1. The van der Waals surface area contributed by atoms with Gasteiger partial charge in [0.25, 0.3) is 0 Å². The van der Waals surface area contributed by atoms with Gasteiger partial charge in [-0.2, -0.15) is 0 Å². The average molecular weight is 314 g/mol. The second-order valence-electron chi connectivity index (χ2n) is 4.10. The molecule has 1 N–H and O–H groups in total. The Morgan fingerprint density at radius 2 is 1.90 bits per heavy atom. The van der Waals surface area contributed by atoms with Crippen molar-refractivity contribution in [3.8, 4) is 11.1 Å². The zero-order valence-electron chi connectivity index (χ0n) is 11.4. The van der Waals surface area contributed by atoms with Crippen LogP contribution >= 0.6 is 19.2 Å². The number of aromatic nitrogens is 1. The Labute approximate surface area is 123 Å². The van der Waals surface area contributed by atoms with E-state index in [9.17, 15) is 4.57 Å². The first kappa shape index (κ1) is 15.3. The van der Waals surface area contributed by atoms with Gasteiger partial charge in [0, 0.05) is 23.0 Å². The van der Waals surface area contributed by atoms with Crippen molar-refractivity contribution in [2.24, 2.45) is 0 Å². The van der Waals surface area contributed by atoms with Gasteiger partial charge < -0.3 is 14.0 Å². The molecule has 20 heavy (non-hydrogen) atoms. The lowest BCUT2D eigenvalue weighted by molar-refractivity contribution is 0.230. The number of hydrogen-bond donors (Lipinski definition) is 1. The Morgan fingerprint density at radius 1 is 1.20 bits per heavy atom. The van der Waals surface area contributed by atoms with Crippen molar-refractivity contribution < 1.29 is 13.6 Å². The van der Waals surface area contributed by atoms with Crippen molar-refractivity contribution in [1.29, 1.82) is 0 Å². The summed E-state index contributed by atoms with van der Waals surface area (Å²) in [5, 5.41) is 1.15. The number of rotatable bonds is 6. The summed E-state index contributed by atoms with van der Waals surface area (Å²) in [4.78, 5) is 2.96. The van der Waals surface area contributed by atoms with Gasteiger partial charge >= 0.3 is 7.60 Å². The summed E-state index contributed by atoms with van der Waals surface area (Å²) in [6, 6.07) is 7.36. The predicted octanol–water partition coefficient (Wildman–Crippen LogP) is 4.23. The number of H-pyrrole nitrogens is 1. The van der Waals surface area contributed by atoms with Crippen molar-refractivity contribution in [3.63, 3.8) is 0 Å². The Kier molecular flexibility index (Phi) is 5.06. The van der Waals surface area contributed by atoms with Gasteiger partial charge in [0.05, 0.1) is 18.5 Å². The lowest BCUT2D eigenvalue weighted by Gasteiger charge is -2.17. The van der Waals surface area contributed by atoms with Gasteiger partial charge in [-0.25, -0.2) is 0 Å². The standard InChI is InChI=1S/C14H17ClNO3P/c1-3-18-20(17,19-4-2)14-10-16-9-13(14)11-6-5-7-12(15)8-11/h5-10,16H,3-4H2,1-2H3. The third-order valence-corrected chi connectivity index (χ3v) is 5.14. The Morgan fingerprint density at radius 3 is 2.50 bits per heavy atom. The van der Waals surface area contributed by atoms with E-state index in [4.69, 9.17) is 20.6 Å². The maximum atomic E-state index is 12.9. The molecular weight excluding hydrogens is 297 g/mol. The van der Waals surface area contributed by atoms with Crippen LogP contribution < -0.4 is 5.30 Å². The summed E-state index contributed by atoms with van der Waals surface area (Å²) >= 11 is 6.01. The molecule has 1 aromatic carbocycles. The number of aromatic amines is 1. The minimum atomic E-state index is -3.32. The molecule has 1 aromatic heterocycles. The van der Waals surface area contributed by atoms with E-state index in [1.807, 2.05) is 18.2 Å². The maximum absolute atomic E-state index is 12.9. The highest BCUT2D eigenvalue weighted by Gasteiger charge is 2.30. The van der Waals surface area contributed by atoms with E-state index in [-0.39, 0.29) is 0 Å². The number of benzene rings is 1. The molecule has 2 rings (SSSR count). The lowest BCUT2D eigenvalue weighted by atomic mass is 10.1. The van der Waals surface area contributed by atoms with Crippen molar-refractivity contribution in [1.82, 2.24) is 4.98 Å². The Balaban J connectivity index is 2.49. The lowest BCUT2D eigenvalue weighted by Crippen LogP contribution is -2.11. The molecule has 2 aromatic rings. The second-order valence-corrected chi connectivity index (χ2v) is 6.53. The Bertz CT molecular complexity index is 616. The van der Waals surface area contributed by atoms with Gasteiger partial charge in [0.2, 0.25) is 0 Å². The van der Waals surface area contributed by atoms with Crippen molar-refractivity contribution >= 4 is 24.5 Å². The van der Waals surface area contributed by atoms with Gasteiger partial charge in [0.1, 0.15) is 0 Å². The largest absolute Gasteiger partial charge is 0.366 e. The fraction of sp³-hybridized carbons (Fsp3) is 0.286.